The Bertz CT molecular complexity index is 642. The van der Waals surface area contributed by atoms with E-state index in [1.165, 1.54) is 0 Å². The summed E-state index contributed by atoms with van der Waals surface area (Å²) in [5, 5.41) is 16.2. The van der Waals surface area contributed by atoms with Gasteiger partial charge in [0, 0.05) is 22.7 Å². The summed E-state index contributed by atoms with van der Waals surface area (Å²) < 4.78 is 0. The predicted octanol–water partition coefficient (Wildman–Crippen LogP) is 3.00. The fourth-order valence-electron chi connectivity index (χ4n) is 2.68. The van der Waals surface area contributed by atoms with Gasteiger partial charge in [0.15, 0.2) is 0 Å². The van der Waals surface area contributed by atoms with Gasteiger partial charge >= 0.3 is 0 Å². The average molecular weight is 346 g/mol. The number of hydrogen-bond donors (Lipinski definition) is 3. The van der Waals surface area contributed by atoms with Crippen LogP contribution in [-0.2, 0) is 15.6 Å². The van der Waals surface area contributed by atoms with Crippen molar-refractivity contribution >= 4 is 11.8 Å². The first-order valence-electron chi connectivity index (χ1n) is 8.85. The molecule has 1 aromatic rings. The molecule has 1 aromatic carbocycles. The molecule has 1 aliphatic rings. The molecule has 0 atom stereocenters. The average Bonchev–Trinajstić information content (AvgIpc) is 3.26. The largest absolute Gasteiger partial charge is 0.507 e. The lowest BCUT2D eigenvalue weighted by molar-refractivity contribution is -0.120. The predicted molar refractivity (Wildman–Crippen MR) is 99.0 cm³/mol. The molecular formula is C20H30N2O3. The van der Waals surface area contributed by atoms with Crippen LogP contribution in [0.3, 0.4) is 0 Å². The van der Waals surface area contributed by atoms with Crippen molar-refractivity contribution in [1.29, 1.82) is 0 Å². The molecule has 0 aliphatic heterocycles. The molecule has 1 fully saturated rings. The maximum atomic E-state index is 12.5. The van der Waals surface area contributed by atoms with Crippen molar-refractivity contribution in [3.63, 3.8) is 0 Å². The van der Waals surface area contributed by atoms with Crippen molar-refractivity contribution in [3.8, 4) is 5.75 Å². The molecule has 3 N–H and O–H groups in total. The molecule has 0 heterocycles. The van der Waals surface area contributed by atoms with Crippen LogP contribution in [0, 0.1) is 0 Å². The molecule has 0 bridgehead atoms. The van der Waals surface area contributed by atoms with E-state index in [0.29, 0.717) is 5.56 Å². The number of rotatable bonds is 4. The SMILES string of the molecule is CC(C)(C)c1cc(C(=O)NCC(=O)NC2CC2)cc(C(C)(C)C)c1O. The summed E-state index contributed by atoms with van der Waals surface area (Å²) in [5.41, 5.74) is 1.32. The number of nitrogens with one attached hydrogen (secondary N) is 2. The third-order valence-corrected chi connectivity index (χ3v) is 4.34. The van der Waals surface area contributed by atoms with Crippen LogP contribution in [0.5, 0.6) is 5.75 Å². The van der Waals surface area contributed by atoms with Crippen LogP contribution in [0.1, 0.15) is 75.9 Å². The Hall–Kier alpha value is -2.04. The molecule has 2 amide bonds. The summed E-state index contributed by atoms with van der Waals surface area (Å²) in [7, 11) is 0. The first-order valence-corrected chi connectivity index (χ1v) is 8.85. The van der Waals surface area contributed by atoms with Crippen LogP contribution in [0.2, 0.25) is 0 Å². The number of hydrogen-bond acceptors (Lipinski definition) is 3. The standard InChI is InChI=1S/C20H30N2O3/c1-19(2,3)14-9-12(10-15(17(14)24)20(4,5)6)18(25)21-11-16(23)22-13-7-8-13/h9-10,13,24H,7-8,11H2,1-6H3,(H,21,25)(H,22,23). The Morgan fingerprint density at radius 1 is 1.04 bits per heavy atom. The van der Waals surface area contributed by atoms with E-state index in [-0.39, 0.29) is 41.0 Å². The zero-order valence-electron chi connectivity index (χ0n) is 16.1. The Balaban J connectivity index is 2.26. The quantitative estimate of drug-likeness (QED) is 0.784. The summed E-state index contributed by atoms with van der Waals surface area (Å²) in [6, 6.07) is 3.72. The van der Waals surface area contributed by atoms with Crippen LogP contribution < -0.4 is 10.6 Å². The molecule has 25 heavy (non-hydrogen) atoms. The van der Waals surface area contributed by atoms with Gasteiger partial charge in [-0.2, -0.15) is 0 Å². The number of phenolic OH excluding ortho intramolecular Hbond substituents is 1. The van der Waals surface area contributed by atoms with E-state index in [9.17, 15) is 14.7 Å². The molecule has 138 valence electrons. The molecule has 0 aromatic heterocycles. The van der Waals surface area contributed by atoms with Gasteiger partial charge in [0.2, 0.25) is 5.91 Å². The van der Waals surface area contributed by atoms with E-state index in [2.05, 4.69) is 10.6 Å². The normalized spacial score (nSPS) is 15.0. The molecule has 0 radical (unpaired) electrons. The Labute approximate surface area is 150 Å². The van der Waals surface area contributed by atoms with Crippen molar-refractivity contribution in [2.75, 3.05) is 6.54 Å². The van der Waals surface area contributed by atoms with E-state index < -0.39 is 0 Å². The second kappa shape index (κ2) is 6.70. The third-order valence-electron chi connectivity index (χ3n) is 4.34. The van der Waals surface area contributed by atoms with E-state index >= 15 is 0 Å². The third kappa shape index (κ3) is 4.97. The molecule has 2 rings (SSSR count). The molecule has 5 heteroatoms. The fraction of sp³-hybridized carbons (Fsp3) is 0.600. The minimum Gasteiger partial charge on any atom is -0.507 e. The number of aromatic hydroxyl groups is 1. The lowest BCUT2D eigenvalue weighted by Gasteiger charge is -2.28. The summed E-state index contributed by atoms with van der Waals surface area (Å²) in [6.07, 6.45) is 2.03. The first kappa shape index (κ1) is 19.3. The highest BCUT2D eigenvalue weighted by Gasteiger charge is 2.28. The first-order chi connectivity index (χ1) is 11.4. The second-order valence-corrected chi connectivity index (χ2v) is 8.94. The van der Waals surface area contributed by atoms with Crippen LogP contribution >= 0.6 is 0 Å². The van der Waals surface area contributed by atoms with Gasteiger partial charge in [-0.3, -0.25) is 9.59 Å². The van der Waals surface area contributed by atoms with Crippen LogP contribution in [-0.4, -0.2) is 29.5 Å². The summed E-state index contributed by atoms with van der Waals surface area (Å²) in [6.45, 7) is 12.0. The summed E-state index contributed by atoms with van der Waals surface area (Å²) in [5.74, 6) is -0.230. The van der Waals surface area contributed by atoms with E-state index in [0.717, 1.165) is 24.0 Å². The van der Waals surface area contributed by atoms with Gasteiger partial charge in [0.25, 0.3) is 5.91 Å². The smallest absolute Gasteiger partial charge is 0.251 e. The van der Waals surface area contributed by atoms with Crippen molar-refractivity contribution < 1.29 is 14.7 Å². The molecule has 1 saturated carbocycles. The maximum absolute atomic E-state index is 12.5. The number of phenols is 1. The van der Waals surface area contributed by atoms with Crippen molar-refractivity contribution in [2.45, 2.75) is 71.3 Å². The van der Waals surface area contributed by atoms with Gasteiger partial charge in [-0.15, -0.1) is 0 Å². The van der Waals surface area contributed by atoms with Gasteiger partial charge in [-0.1, -0.05) is 41.5 Å². The van der Waals surface area contributed by atoms with E-state index in [1.807, 2.05) is 41.5 Å². The minimum absolute atomic E-state index is 0.0358. The van der Waals surface area contributed by atoms with Gasteiger partial charge in [0.05, 0.1) is 6.54 Å². The molecular weight excluding hydrogens is 316 g/mol. The molecule has 5 nitrogen and oxygen atoms in total. The Morgan fingerprint density at radius 3 is 1.92 bits per heavy atom. The van der Waals surface area contributed by atoms with E-state index in [1.54, 1.807) is 12.1 Å². The minimum atomic E-state index is -0.304. The number of carbonyl (C=O) groups is 2. The summed E-state index contributed by atoms with van der Waals surface area (Å²) >= 11 is 0. The zero-order chi connectivity index (χ0) is 19.0. The van der Waals surface area contributed by atoms with Crippen LogP contribution in [0.4, 0.5) is 0 Å². The number of carbonyl (C=O) groups excluding carboxylic acids is 2. The lowest BCUT2D eigenvalue weighted by Crippen LogP contribution is -2.38. The van der Waals surface area contributed by atoms with E-state index in [4.69, 9.17) is 0 Å². The van der Waals surface area contributed by atoms with Crippen molar-refractivity contribution in [1.82, 2.24) is 10.6 Å². The highest BCUT2D eigenvalue weighted by atomic mass is 16.3. The van der Waals surface area contributed by atoms with Crippen LogP contribution in [0.25, 0.3) is 0 Å². The van der Waals surface area contributed by atoms with Crippen molar-refractivity contribution in [2.24, 2.45) is 0 Å². The summed E-state index contributed by atoms with van der Waals surface area (Å²) in [4.78, 5) is 24.3. The zero-order valence-corrected chi connectivity index (χ0v) is 16.1. The molecule has 0 unspecified atom stereocenters. The Kier molecular flexibility index (Phi) is 5.17. The van der Waals surface area contributed by atoms with Gasteiger partial charge in [-0.05, 0) is 35.8 Å². The molecule has 1 aliphatic carbocycles. The topological polar surface area (TPSA) is 78.4 Å². The van der Waals surface area contributed by atoms with Crippen molar-refractivity contribution in [3.05, 3.63) is 28.8 Å². The number of amides is 2. The number of benzene rings is 1. The fourth-order valence-corrected chi connectivity index (χ4v) is 2.68. The highest BCUT2D eigenvalue weighted by Crippen LogP contribution is 2.39. The maximum Gasteiger partial charge on any atom is 0.251 e. The van der Waals surface area contributed by atoms with Crippen LogP contribution in [0.15, 0.2) is 12.1 Å². The molecule has 0 spiro atoms. The van der Waals surface area contributed by atoms with Gasteiger partial charge < -0.3 is 15.7 Å². The monoisotopic (exact) mass is 346 g/mol. The lowest BCUT2D eigenvalue weighted by atomic mass is 9.78. The molecule has 0 saturated heterocycles. The second-order valence-electron chi connectivity index (χ2n) is 8.94. The Morgan fingerprint density at radius 2 is 1.52 bits per heavy atom. The van der Waals surface area contributed by atoms with Gasteiger partial charge in [-0.25, -0.2) is 0 Å². The van der Waals surface area contributed by atoms with Gasteiger partial charge in [0.1, 0.15) is 5.75 Å². The highest BCUT2D eigenvalue weighted by molar-refractivity contribution is 5.97.